The smallest absolute Gasteiger partial charge is 0.249 e. The van der Waals surface area contributed by atoms with Crippen LogP contribution in [-0.4, -0.2) is 14.7 Å². The lowest BCUT2D eigenvalue weighted by molar-refractivity contribution is 0.0997. The van der Waals surface area contributed by atoms with Crippen molar-refractivity contribution in [3.05, 3.63) is 66.2 Å². The Morgan fingerprint density at radius 3 is 2.27 bits per heavy atom. The van der Waals surface area contributed by atoms with Gasteiger partial charge in [-0.15, -0.1) is 0 Å². The molecule has 0 fully saturated rings. The zero-order valence-corrected chi connectivity index (χ0v) is 12.3. The molecule has 22 heavy (non-hydrogen) atoms. The molecule has 0 aliphatic heterocycles. The van der Waals surface area contributed by atoms with Crippen molar-refractivity contribution in [3.8, 4) is 11.1 Å². The molecule has 2 N–H and O–H groups in total. The van der Waals surface area contributed by atoms with Crippen LogP contribution in [0.1, 0.15) is 10.4 Å². The molecule has 0 aliphatic carbocycles. The molecule has 3 rings (SSSR count). The molecule has 0 heterocycles. The number of hydrogen-bond donors (Lipinski definition) is 1. The second kappa shape index (κ2) is 5.71. The zero-order chi connectivity index (χ0) is 15.7. The Hall–Kier alpha value is -2.50. The molecule has 0 aliphatic rings. The molecule has 0 aromatic heterocycles. The Labute approximate surface area is 129 Å². The molecule has 5 heteroatoms. The van der Waals surface area contributed by atoms with Crippen molar-refractivity contribution in [2.45, 2.75) is 4.90 Å². The van der Waals surface area contributed by atoms with Gasteiger partial charge in [0.05, 0.1) is 5.56 Å². The van der Waals surface area contributed by atoms with Gasteiger partial charge in [0.1, 0.15) is 0 Å². The lowest BCUT2D eigenvalue weighted by atomic mass is 9.97. The normalized spacial score (nSPS) is 12.2. The summed E-state index contributed by atoms with van der Waals surface area (Å²) < 4.78 is 23.3. The summed E-state index contributed by atoms with van der Waals surface area (Å²) in [4.78, 5) is 11.5. The second-order valence-corrected chi connectivity index (χ2v) is 5.69. The first-order valence-electron chi connectivity index (χ1n) is 6.60. The summed E-state index contributed by atoms with van der Waals surface area (Å²) in [6.07, 6.45) is 0. The van der Waals surface area contributed by atoms with Gasteiger partial charge in [-0.3, -0.25) is 9.00 Å². The van der Waals surface area contributed by atoms with Crippen molar-refractivity contribution >= 4 is 27.8 Å². The first kappa shape index (κ1) is 14.4. The highest BCUT2D eigenvalue weighted by molar-refractivity contribution is 7.79. The third kappa shape index (κ3) is 2.41. The van der Waals surface area contributed by atoms with E-state index in [-0.39, 0.29) is 10.5 Å². The number of amides is 1. The van der Waals surface area contributed by atoms with Crippen molar-refractivity contribution < 1.29 is 13.6 Å². The van der Waals surface area contributed by atoms with E-state index in [0.29, 0.717) is 5.56 Å². The van der Waals surface area contributed by atoms with Gasteiger partial charge in [0.2, 0.25) is 5.91 Å². The molecule has 1 unspecified atom stereocenters. The molecule has 0 spiro atoms. The summed E-state index contributed by atoms with van der Waals surface area (Å²) in [6, 6.07) is 18.0. The Morgan fingerprint density at radius 1 is 0.909 bits per heavy atom. The van der Waals surface area contributed by atoms with Crippen LogP contribution in [0.5, 0.6) is 0 Å². The van der Waals surface area contributed by atoms with Gasteiger partial charge >= 0.3 is 0 Å². The number of hydrogen-bond acceptors (Lipinski definition) is 3. The van der Waals surface area contributed by atoms with Crippen molar-refractivity contribution in [2.75, 3.05) is 0 Å². The van der Waals surface area contributed by atoms with E-state index < -0.39 is 17.0 Å². The van der Waals surface area contributed by atoms with E-state index in [9.17, 15) is 13.6 Å². The molecule has 3 aromatic carbocycles. The number of benzene rings is 3. The van der Waals surface area contributed by atoms with Gasteiger partial charge in [-0.05, 0) is 39.0 Å². The molecule has 4 nitrogen and oxygen atoms in total. The van der Waals surface area contributed by atoms with Gasteiger partial charge < -0.3 is 10.3 Å². The summed E-state index contributed by atoms with van der Waals surface area (Å²) in [5.41, 5.74) is 6.52. The van der Waals surface area contributed by atoms with Crippen molar-refractivity contribution in [1.29, 1.82) is 0 Å². The third-order valence-corrected chi connectivity index (χ3v) is 4.30. The van der Waals surface area contributed by atoms with Crippen LogP contribution in [-0.2, 0) is 11.1 Å². The first-order valence-corrected chi connectivity index (χ1v) is 7.67. The van der Waals surface area contributed by atoms with Crippen LogP contribution < -0.4 is 5.73 Å². The molecule has 110 valence electrons. The molecule has 1 atom stereocenters. The largest absolute Gasteiger partial charge is 0.768 e. The summed E-state index contributed by atoms with van der Waals surface area (Å²) in [6.45, 7) is 0. The standard InChI is InChI=1S/C17H13NO3S/c18-17(19)15-10-4-9-14(16(15)22(20)21)13-8-3-6-11-5-1-2-7-12(11)13/h1-10H,(H2,18,19)(H,20,21)/p-1. The van der Waals surface area contributed by atoms with Crippen LogP contribution in [0.2, 0.25) is 0 Å². The molecule has 0 saturated carbocycles. The minimum atomic E-state index is -2.57. The molecule has 1 amide bonds. The monoisotopic (exact) mass is 310 g/mol. The van der Waals surface area contributed by atoms with E-state index in [1.165, 1.54) is 6.07 Å². The predicted octanol–water partition coefficient (Wildman–Crippen LogP) is 2.84. The highest BCUT2D eigenvalue weighted by Gasteiger charge is 2.16. The van der Waals surface area contributed by atoms with Gasteiger partial charge in [-0.2, -0.15) is 0 Å². The van der Waals surface area contributed by atoms with Crippen molar-refractivity contribution in [2.24, 2.45) is 5.73 Å². The predicted molar refractivity (Wildman–Crippen MR) is 85.1 cm³/mol. The summed E-state index contributed by atoms with van der Waals surface area (Å²) in [7, 11) is 0. The minimum absolute atomic E-state index is 0.00114. The highest BCUT2D eigenvalue weighted by atomic mass is 32.2. The zero-order valence-electron chi connectivity index (χ0n) is 11.5. The van der Waals surface area contributed by atoms with Gasteiger partial charge in [0.25, 0.3) is 0 Å². The summed E-state index contributed by atoms with van der Waals surface area (Å²) in [5.74, 6) is -0.763. The molecular weight excluding hydrogens is 298 g/mol. The van der Waals surface area contributed by atoms with E-state index in [1.807, 2.05) is 42.5 Å². The number of nitrogens with two attached hydrogens (primary N) is 1. The SMILES string of the molecule is NC(=O)c1cccc(-c2cccc3ccccc23)c1S(=O)[O-]. The topological polar surface area (TPSA) is 83.2 Å². The summed E-state index contributed by atoms with van der Waals surface area (Å²) >= 11 is -2.57. The Morgan fingerprint density at radius 2 is 1.55 bits per heavy atom. The number of carbonyl (C=O) groups excluding carboxylic acids is 1. The second-order valence-electron chi connectivity index (χ2n) is 4.81. The maximum Gasteiger partial charge on any atom is 0.249 e. The lowest BCUT2D eigenvalue weighted by Crippen LogP contribution is -2.15. The maximum absolute atomic E-state index is 11.6. The number of rotatable bonds is 3. The van der Waals surface area contributed by atoms with Gasteiger partial charge in [-0.25, -0.2) is 0 Å². The molecule has 0 bridgehead atoms. The van der Waals surface area contributed by atoms with Gasteiger partial charge in [0, 0.05) is 4.90 Å². The lowest BCUT2D eigenvalue weighted by Gasteiger charge is -2.16. The Kier molecular flexibility index (Phi) is 3.75. The van der Waals surface area contributed by atoms with Crippen LogP contribution in [0.25, 0.3) is 21.9 Å². The number of fused-ring (bicyclic) bond motifs is 1. The molecular formula is C17H12NO3S-. The molecule has 0 radical (unpaired) electrons. The fraction of sp³-hybridized carbons (Fsp3) is 0. The minimum Gasteiger partial charge on any atom is -0.768 e. The fourth-order valence-electron chi connectivity index (χ4n) is 2.58. The van der Waals surface area contributed by atoms with Gasteiger partial charge in [0.15, 0.2) is 0 Å². The van der Waals surface area contributed by atoms with E-state index in [2.05, 4.69) is 0 Å². The van der Waals surface area contributed by atoms with E-state index >= 15 is 0 Å². The Balaban J connectivity index is 2.39. The molecule has 3 aromatic rings. The quantitative estimate of drug-likeness (QED) is 0.755. The van der Waals surface area contributed by atoms with E-state index in [4.69, 9.17) is 5.73 Å². The number of primary amides is 1. The third-order valence-electron chi connectivity index (χ3n) is 3.53. The van der Waals surface area contributed by atoms with Crippen molar-refractivity contribution in [1.82, 2.24) is 0 Å². The van der Waals surface area contributed by atoms with Crippen molar-refractivity contribution in [3.63, 3.8) is 0 Å². The fourth-order valence-corrected chi connectivity index (χ4v) is 3.29. The van der Waals surface area contributed by atoms with Crippen LogP contribution >= 0.6 is 0 Å². The maximum atomic E-state index is 11.6. The van der Waals surface area contributed by atoms with Crippen LogP contribution in [0, 0.1) is 0 Å². The number of carbonyl (C=O) groups is 1. The van der Waals surface area contributed by atoms with Crippen LogP contribution in [0.3, 0.4) is 0 Å². The average Bonchev–Trinajstić information content (AvgIpc) is 2.53. The highest BCUT2D eigenvalue weighted by Crippen LogP contribution is 2.33. The van der Waals surface area contributed by atoms with Crippen LogP contribution in [0.4, 0.5) is 0 Å². The first-order chi connectivity index (χ1) is 10.6. The van der Waals surface area contributed by atoms with E-state index in [1.54, 1.807) is 12.1 Å². The van der Waals surface area contributed by atoms with Gasteiger partial charge in [-0.1, -0.05) is 54.6 Å². The average molecular weight is 310 g/mol. The Bertz CT molecular complexity index is 900. The summed E-state index contributed by atoms with van der Waals surface area (Å²) in [5, 5.41) is 1.91. The van der Waals surface area contributed by atoms with E-state index in [0.717, 1.165) is 16.3 Å². The van der Waals surface area contributed by atoms with Crippen LogP contribution in [0.15, 0.2) is 65.6 Å². The molecule has 0 saturated heterocycles.